The summed E-state index contributed by atoms with van der Waals surface area (Å²) in [7, 11) is -2.09. The van der Waals surface area contributed by atoms with Gasteiger partial charge in [0.15, 0.2) is 0 Å². The minimum atomic E-state index is -3.79. The topological polar surface area (TPSA) is 73.2 Å². The van der Waals surface area contributed by atoms with Crippen molar-refractivity contribution in [2.45, 2.75) is 4.90 Å². The number of sulfonamides is 1. The average molecular weight is 412 g/mol. The number of para-hydroxylation sites is 1. The third kappa shape index (κ3) is 3.92. The summed E-state index contributed by atoms with van der Waals surface area (Å²) in [5, 5.41) is 6.20. The number of nitrogens with one attached hydrogen (secondary N) is 1. The van der Waals surface area contributed by atoms with Crippen LogP contribution in [0.1, 0.15) is 0 Å². The minimum absolute atomic E-state index is 0.141. The van der Waals surface area contributed by atoms with Crippen LogP contribution < -0.4 is 9.46 Å². The lowest BCUT2D eigenvalue weighted by Crippen LogP contribution is -2.13. The minimum Gasteiger partial charge on any atom is -0.457 e. The molecule has 0 fully saturated rings. The van der Waals surface area contributed by atoms with Crippen molar-refractivity contribution in [3.05, 3.63) is 78.3 Å². The van der Waals surface area contributed by atoms with Gasteiger partial charge in [0.1, 0.15) is 22.1 Å². The molecule has 4 rings (SSSR count). The quantitative estimate of drug-likeness (QED) is 0.497. The highest BCUT2D eigenvalue weighted by Gasteiger charge is 2.23. The van der Waals surface area contributed by atoms with Crippen LogP contribution in [0.2, 0.25) is 0 Å². The standard InChI is InChI=1S/C20H17N3O3S2/c1-23-14-19(20(21-23)18-8-5-13-27-18)28(24,25)22-15-9-11-17(12-10-15)26-16-6-3-2-4-7-16/h2-14,22H,1H3. The number of aromatic nitrogens is 2. The Labute approximate surface area is 167 Å². The molecule has 0 atom stereocenters. The number of thiophene rings is 1. The largest absolute Gasteiger partial charge is 0.457 e. The summed E-state index contributed by atoms with van der Waals surface area (Å²) >= 11 is 1.44. The van der Waals surface area contributed by atoms with Crippen LogP contribution in [0.3, 0.4) is 0 Å². The Hall–Kier alpha value is -3.10. The van der Waals surface area contributed by atoms with Crippen LogP contribution in [-0.4, -0.2) is 18.2 Å². The van der Waals surface area contributed by atoms with Gasteiger partial charge in [0, 0.05) is 18.9 Å². The highest BCUT2D eigenvalue weighted by molar-refractivity contribution is 7.92. The number of benzene rings is 2. The van der Waals surface area contributed by atoms with E-state index < -0.39 is 10.0 Å². The second-order valence-electron chi connectivity index (χ2n) is 6.04. The van der Waals surface area contributed by atoms with Crippen LogP contribution in [0.4, 0.5) is 5.69 Å². The first-order valence-electron chi connectivity index (χ1n) is 8.44. The molecule has 0 bridgehead atoms. The maximum absolute atomic E-state index is 12.9. The molecule has 2 aromatic carbocycles. The first-order valence-corrected chi connectivity index (χ1v) is 10.8. The number of hydrogen-bond acceptors (Lipinski definition) is 5. The highest BCUT2D eigenvalue weighted by Crippen LogP contribution is 2.31. The van der Waals surface area contributed by atoms with Crippen molar-refractivity contribution in [2.24, 2.45) is 7.05 Å². The lowest BCUT2D eigenvalue weighted by atomic mass is 10.3. The second-order valence-corrected chi connectivity index (χ2v) is 8.64. The van der Waals surface area contributed by atoms with Crippen molar-refractivity contribution < 1.29 is 13.2 Å². The Morgan fingerprint density at radius 1 is 0.964 bits per heavy atom. The van der Waals surface area contributed by atoms with Crippen molar-refractivity contribution >= 4 is 27.0 Å². The Morgan fingerprint density at radius 3 is 2.36 bits per heavy atom. The fourth-order valence-electron chi connectivity index (χ4n) is 2.67. The molecule has 0 radical (unpaired) electrons. The predicted molar refractivity (Wildman–Crippen MR) is 110 cm³/mol. The first-order chi connectivity index (χ1) is 13.5. The van der Waals surface area contributed by atoms with Gasteiger partial charge in [-0.05, 0) is 47.8 Å². The van der Waals surface area contributed by atoms with Crippen molar-refractivity contribution in [2.75, 3.05) is 4.72 Å². The lowest BCUT2D eigenvalue weighted by molar-refractivity contribution is 0.483. The zero-order valence-corrected chi connectivity index (χ0v) is 16.6. The Kier molecular flexibility index (Phi) is 4.89. The third-order valence-electron chi connectivity index (χ3n) is 3.92. The molecule has 28 heavy (non-hydrogen) atoms. The number of nitrogens with zero attached hydrogens (tertiary/aromatic N) is 2. The molecule has 6 nitrogen and oxygen atoms in total. The van der Waals surface area contributed by atoms with E-state index in [4.69, 9.17) is 4.74 Å². The smallest absolute Gasteiger partial charge is 0.265 e. The van der Waals surface area contributed by atoms with E-state index in [1.165, 1.54) is 22.2 Å². The molecule has 8 heteroatoms. The van der Waals surface area contributed by atoms with Crippen LogP contribution in [0.25, 0.3) is 10.6 Å². The molecule has 2 aromatic heterocycles. The van der Waals surface area contributed by atoms with E-state index in [1.54, 1.807) is 31.3 Å². The fourth-order valence-corrected chi connectivity index (χ4v) is 4.71. The molecule has 142 valence electrons. The van der Waals surface area contributed by atoms with Gasteiger partial charge in [0.2, 0.25) is 0 Å². The normalized spacial score (nSPS) is 11.3. The summed E-state index contributed by atoms with van der Waals surface area (Å²) < 4.78 is 35.7. The molecule has 0 saturated carbocycles. The number of anilines is 1. The van der Waals surface area contributed by atoms with E-state index in [-0.39, 0.29) is 4.90 Å². The summed E-state index contributed by atoms with van der Waals surface area (Å²) in [5.74, 6) is 1.33. The van der Waals surface area contributed by atoms with Crippen LogP contribution in [0.5, 0.6) is 11.5 Å². The van der Waals surface area contributed by atoms with E-state index in [2.05, 4.69) is 9.82 Å². The van der Waals surface area contributed by atoms with E-state index in [0.29, 0.717) is 22.9 Å². The van der Waals surface area contributed by atoms with E-state index in [9.17, 15) is 8.42 Å². The van der Waals surface area contributed by atoms with Gasteiger partial charge >= 0.3 is 0 Å². The van der Waals surface area contributed by atoms with Crippen molar-refractivity contribution in [3.63, 3.8) is 0 Å². The number of hydrogen-bond donors (Lipinski definition) is 1. The van der Waals surface area contributed by atoms with Gasteiger partial charge in [-0.15, -0.1) is 11.3 Å². The number of rotatable bonds is 6. The number of aryl methyl sites for hydroxylation is 1. The molecule has 1 N–H and O–H groups in total. The lowest BCUT2D eigenvalue weighted by Gasteiger charge is -2.09. The molecular weight excluding hydrogens is 394 g/mol. The monoisotopic (exact) mass is 411 g/mol. The fraction of sp³-hybridized carbons (Fsp3) is 0.0500. The maximum atomic E-state index is 12.9. The Morgan fingerprint density at radius 2 is 1.68 bits per heavy atom. The molecule has 0 amide bonds. The summed E-state index contributed by atoms with van der Waals surface area (Å²) in [6, 6.07) is 19.9. The van der Waals surface area contributed by atoms with Crippen molar-refractivity contribution in [3.8, 4) is 22.1 Å². The van der Waals surface area contributed by atoms with Gasteiger partial charge in [-0.3, -0.25) is 9.40 Å². The van der Waals surface area contributed by atoms with E-state index in [0.717, 1.165) is 4.88 Å². The summed E-state index contributed by atoms with van der Waals surface area (Å²) in [4.78, 5) is 0.939. The van der Waals surface area contributed by atoms with Gasteiger partial charge in [-0.1, -0.05) is 24.3 Å². The van der Waals surface area contributed by atoms with Crippen molar-refractivity contribution in [1.29, 1.82) is 0 Å². The molecule has 0 spiro atoms. The summed E-state index contributed by atoms with van der Waals surface area (Å²) in [6.45, 7) is 0. The van der Waals surface area contributed by atoms with Gasteiger partial charge in [-0.25, -0.2) is 8.42 Å². The predicted octanol–water partition coefficient (Wildman–Crippen LogP) is 4.74. The Balaban J connectivity index is 1.56. The highest BCUT2D eigenvalue weighted by atomic mass is 32.2. The zero-order chi connectivity index (χ0) is 19.6. The number of ether oxygens (including phenoxy) is 1. The van der Waals surface area contributed by atoms with Crippen LogP contribution in [0.15, 0.2) is 83.2 Å². The first kappa shape index (κ1) is 18.3. The Bertz CT molecular complexity index is 1170. The van der Waals surface area contributed by atoms with Gasteiger partial charge in [-0.2, -0.15) is 5.10 Å². The van der Waals surface area contributed by atoms with Gasteiger partial charge in [0.05, 0.1) is 4.88 Å². The second kappa shape index (κ2) is 7.49. The van der Waals surface area contributed by atoms with Crippen molar-refractivity contribution in [1.82, 2.24) is 9.78 Å². The van der Waals surface area contributed by atoms with Crippen LogP contribution in [-0.2, 0) is 17.1 Å². The SMILES string of the molecule is Cn1cc(S(=O)(=O)Nc2ccc(Oc3ccccc3)cc2)c(-c2cccs2)n1. The molecule has 0 aliphatic heterocycles. The average Bonchev–Trinajstić information content (AvgIpc) is 3.34. The third-order valence-corrected chi connectivity index (χ3v) is 6.18. The molecule has 2 heterocycles. The molecule has 4 aromatic rings. The summed E-state index contributed by atoms with van der Waals surface area (Å²) in [6.07, 6.45) is 1.50. The van der Waals surface area contributed by atoms with Gasteiger partial charge in [0.25, 0.3) is 10.0 Å². The summed E-state index contributed by atoms with van der Waals surface area (Å²) in [5.41, 5.74) is 0.885. The molecular formula is C20H17N3O3S2. The molecule has 0 aliphatic rings. The van der Waals surface area contributed by atoms with Crippen LogP contribution in [0, 0.1) is 0 Å². The van der Waals surface area contributed by atoms with Gasteiger partial charge < -0.3 is 4.74 Å². The van der Waals surface area contributed by atoms with E-state index in [1.807, 2.05) is 47.8 Å². The molecule has 0 unspecified atom stereocenters. The van der Waals surface area contributed by atoms with Crippen LogP contribution >= 0.6 is 11.3 Å². The molecule has 0 saturated heterocycles. The van der Waals surface area contributed by atoms with E-state index >= 15 is 0 Å². The zero-order valence-electron chi connectivity index (χ0n) is 14.9. The maximum Gasteiger partial charge on any atom is 0.265 e. The molecule has 0 aliphatic carbocycles.